The van der Waals surface area contributed by atoms with Gasteiger partial charge in [-0.3, -0.25) is 0 Å². The molecule has 16 heavy (non-hydrogen) atoms. The van der Waals surface area contributed by atoms with E-state index in [1.54, 1.807) is 11.1 Å². The van der Waals surface area contributed by atoms with Gasteiger partial charge >= 0.3 is 0 Å². The molecule has 0 heterocycles. The average Bonchev–Trinajstić information content (AvgIpc) is 2.29. The van der Waals surface area contributed by atoms with Gasteiger partial charge in [0.1, 0.15) is 0 Å². The smallest absolute Gasteiger partial charge is 0.0363 e. The van der Waals surface area contributed by atoms with E-state index in [1.807, 2.05) is 0 Å². The van der Waals surface area contributed by atoms with Gasteiger partial charge in [-0.1, -0.05) is 39.0 Å². The minimum absolute atomic E-state index is 0.624. The summed E-state index contributed by atoms with van der Waals surface area (Å²) in [6.45, 7) is 7.94. The Morgan fingerprint density at radius 3 is 2.88 bits per heavy atom. The second kappa shape index (κ2) is 5.01. The van der Waals surface area contributed by atoms with Gasteiger partial charge in [0.15, 0.2) is 0 Å². The van der Waals surface area contributed by atoms with E-state index in [0.29, 0.717) is 12.0 Å². The Morgan fingerprint density at radius 2 is 2.19 bits per heavy atom. The van der Waals surface area contributed by atoms with Crippen molar-refractivity contribution in [1.82, 2.24) is 5.32 Å². The minimum atomic E-state index is 0.624. The van der Waals surface area contributed by atoms with E-state index in [-0.39, 0.29) is 0 Å². The van der Waals surface area contributed by atoms with Crippen molar-refractivity contribution in [3.63, 3.8) is 0 Å². The standard InChI is InChI=1S/C15H23N/c1-4-8-16-15-10-13-7-6-12(9-14(13)15)11(3)5-2/h6-7,9,11,15-16H,4-5,8,10H2,1-3H3. The first-order valence-corrected chi connectivity index (χ1v) is 6.62. The lowest BCUT2D eigenvalue weighted by Gasteiger charge is -2.32. The predicted octanol–water partition coefficient (Wildman–Crippen LogP) is 3.80. The fourth-order valence-electron chi connectivity index (χ4n) is 2.37. The lowest BCUT2D eigenvalue weighted by Crippen LogP contribution is -2.31. The third kappa shape index (κ3) is 2.15. The second-order valence-electron chi connectivity index (χ2n) is 4.98. The maximum absolute atomic E-state index is 3.61. The summed E-state index contributed by atoms with van der Waals surface area (Å²) in [4.78, 5) is 0. The van der Waals surface area contributed by atoms with Crippen LogP contribution in [0.2, 0.25) is 0 Å². The Labute approximate surface area is 99.3 Å². The quantitative estimate of drug-likeness (QED) is 0.791. The van der Waals surface area contributed by atoms with Crippen LogP contribution in [-0.4, -0.2) is 6.54 Å². The van der Waals surface area contributed by atoms with Gasteiger partial charge in [-0.15, -0.1) is 0 Å². The SMILES string of the molecule is CCCNC1Cc2ccc(C(C)CC)cc21. The highest BCUT2D eigenvalue weighted by Gasteiger charge is 2.25. The molecular weight excluding hydrogens is 194 g/mol. The molecule has 1 heteroatoms. The molecule has 0 aliphatic heterocycles. The molecule has 2 unspecified atom stereocenters. The maximum Gasteiger partial charge on any atom is 0.0363 e. The first kappa shape index (κ1) is 11.7. The molecule has 0 saturated carbocycles. The molecule has 0 aromatic heterocycles. The summed E-state index contributed by atoms with van der Waals surface area (Å²) in [5.41, 5.74) is 4.59. The van der Waals surface area contributed by atoms with Crippen molar-refractivity contribution in [3.05, 3.63) is 34.9 Å². The van der Waals surface area contributed by atoms with Crippen molar-refractivity contribution in [1.29, 1.82) is 0 Å². The molecule has 88 valence electrons. The van der Waals surface area contributed by atoms with Gasteiger partial charge in [0.05, 0.1) is 0 Å². The summed E-state index contributed by atoms with van der Waals surface area (Å²) < 4.78 is 0. The van der Waals surface area contributed by atoms with Gasteiger partial charge in [0.2, 0.25) is 0 Å². The van der Waals surface area contributed by atoms with Crippen molar-refractivity contribution in [2.75, 3.05) is 6.54 Å². The zero-order chi connectivity index (χ0) is 11.5. The molecule has 0 saturated heterocycles. The highest BCUT2D eigenvalue weighted by molar-refractivity contribution is 5.43. The van der Waals surface area contributed by atoms with Crippen LogP contribution in [0.1, 0.15) is 62.3 Å². The maximum atomic E-state index is 3.61. The number of benzene rings is 1. The number of nitrogens with one attached hydrogen (secondary N) is 1. The van der Waals surface area contributed by atoms with Crippen LogP contribution in [0.3, 0.4) is 0 Å². The van der Waals surface area contributed by atoms with E-state index in [2.05, 4.69) is 44.3 Å². The van der Waals surface area contributed by atoms with Gasteiger partial charge in [0, 0.05) is 6.04 Å². The van der Waals surface area contributed by atoms with Gasteiger partial charge in [-0.25, -0.2) is 0 Å². The first-order valence-electron chi connectivity index (χ1n) is 6.62. The summed E-state index contributed by atoms with van der Waals surface area (Å²) in [5, 5.41) is 3.61. The zero-order valence-electron chi connectivity index (χ0n) is 10.7. The van der Waals surface area contributed by atoms with E-state index >= 15 is 0 Å². The van der Waals surface area contributed by atoms with Crippen molar-refractivity contribution < 1.29 is 0 Å². The van der Waals surface area contributed by atoms with E-state index in [1.165, 1.54) is 24.8 Å². The first-order chi connectivity index (χ1) is 7.76. The van der Waals surface area contributed by atoms with E-state index < -0.39 is 0 Å². The number of rotatable bonds is 5. The van der Waals surface area contributed by atoms with Crippen LogP contribution in [0.15, 0.2) is 18.2 Å². The normalized spacial score (nSPS) is 20.1. The Hall–Kier alpha value is -0.820. The van der Waals surface area contributed by atoms with Crippen LogP contribution < -0.4 is 5.32 Å². The van der Waals surface area contributed by atoms with Gasteiger partial charge in [-0.2, -0.15) is 0 Å². The Kier molecular flexibility index (Phi) is 3.65. The molecule has 0 amide bonds. The lowest BCUT2D eigenvalue weighted by molar-refractivity contribution is 0.480. The highest BCUT2D eigenvalue weighted by atomic mass is 14.9. The third-order valence-corrected chi connectivity index (χ3v) is 3.79. The third-order valence-electron chi connectivity index (χ3n) is 3.79. The van der Waals surface area contributed by atoms with Crippen molar-refractivity contribution in [2.24, 2.45) is 0 Å². The molecule has 0 bridgehead atoms. The van der Waals surface area contributed by atoms with E-state index in [4.69, 9.17) is 0 Å². The molecule has 0 fully saturated rings. The number of hydrogen-bond acceptors (Lipinski definition) is 1. The predicted molar refractivity (Wildman–Crippen MR) is 69.9 cm³/mol. The van der Waals surface area contributed by atoms with Crippen LogP contribution in [0.5, 0.6) is 0 Å². The lowest BCUT2D eigenvalue weighted by atomic mass is 9.80. The van der Waals surface area contributed by atoms with E-state index in [0.717, 1.165) is 6.54 Å². The second-order valence-corrected chi connectivity index (χ2v) is 4.98. The Morgan fingerprint density at radius 1 is 1.38 bits per heavy atom. The molecule has 1 aromatic carbocycles. The Balaban J connectivity index is 2.09. The van der Waals surface area contributed by atoms with Crippen molar-refractivity contribution >= 4 is 0 Å². The molecule has 0 radical (unpaired) electrons. The molecular formula is C15H23N. The van der Waals surface area contributed by atoms with Gasteiger partial charge < -0.3 is 5.32 Å². The molecule has 1 N–H and O–H groups in total. The van der Waals surface area contributed by atoms with Crippen molar-refractivity contribution in [2.45, 2.75) is 52.0 Å². The van der Waals surface area contributed by atoms with Crippen LogP contribution in [0.4, 0.5) is 0 Å². The van der Waals surface area contributed by atoms with Crippen LogP contribution in [0, 0.1) is 0 Å². The molecule has 2 atom stereocenters. The van der Waals surface area contributed by atoms with Crippen LogP contribution in [0.25, 0.3) is 0 Å². The fourth-order valence-corrected chi connectivity index (χ4v) is 2.37. The molecule has 1 nitrogen and oxygen atoms in total. The van der Waals surface area contributed by atoms with Crippen molar-refractivity contribution in [3.8, 4) is 0 Å². The monoisotopic (exact) mass is 217 g/mol. The summed E-state index contributed by atoms with van der Waals surface area (Å²) >= 11 is 0. The Bertz CT molecular complexity index is 356. The molecule has 1 aromatic rings. The highest BCUT2D eigenvalue weighted by Crippen LogP contribution is 2.35. The molecule has 1 aliphatic rings. The fraction of sp³-hybridized carbons (Fsp3) is 0.600. The molecule has 1 aliphatic carbocycles. The molecule has 2 rings (SSSR count). The minimum Gasteiger partial charge on any atom is -0.310 e. The topological polar surface area (TPSA) is 12.0 Å². The summed E-state index contributed by atoms with van der Waals surface area (Å²) in [6.07, 6.45) is 3.67. The van der Waals surface area contributed by atoms with Crippen LogP contribution >= 0.6 is 0 Å². The number of fused-ring (bicyclic) bond motifs is 1. The van der Waals surface area contributed by atoms with E-state index in [9.17, 15) is 0 Å². The average molecular weight is 217 g/mol. The van der Waals surface area contributed by atoms with Gasteiger partial charge in [-0.05, 0) is 48.4 Å². The summed E-state index contributed by atoms with van der Waals surface area (Å²) in [6, 6.07) is 7.67. The zero-order valence-corrected chi connectivity index (χ0v) is 10.7. The van der Waals surface area contributed by atoms with Gasteiger partial charge in [0.25, 0.3) is 0 Å². The summed E-state index contributed by atoms with van der Waals surface area (Å²) in [7, 11) is 0. The largest absolute Gasteiger partial charge is 0.310 e. The number of hydrogen-bond donors (Lipinski definition) is 1. The van der Waals surface area contributed by atoms with Crippen LogP contribution in [-0.2, 0) is 6.42 Å². The molecule has 0 spiro atoms. The summed E-state index contributed by atoms with van der Waals surface area (Å²) in [5.74, 6) is 0.692.